The van der Waals surface area contributed by atoms with Crippen LogP contribution in [0.25, 0.3) is 33.8 Å². The van der Waals surface area contributed by atoms with Gasteiger partial charge < -0.3 is 4.42 Å². The fraction of sp³-hybridized carbons (Fsp3) is 0.143. The lowest BCUT2D eigenvalue weighted by Crippen LogP contribution is -2.21. The van der Waals surface area contributed by atoms with Gasteiger partial charge in [0.15, 0.2) is 0 Å². The lowest BCUT2D eigenvalue weighted by atomic mass is 10.0. The summed E-state index contributed by atoms with van der Waals surface area (Å²) in [5, 5.41) is 3.70. The van der Waals surface area contributed by atoms with Crippen molar-refractivity contribution in [1.82, 2.24) is 0 Å². The Balaban J connectivity index is 1.79. The first-order valence-corrected chi connectivity index (χ1v) is 15.4. The van der Waals surface area contributed by atoms with E-state index in [1.54, 1.807) is 0 Å². The Morgan fingerprint density at radius 3 is 1.94 bits per heavy atom. The summed E-state index contributed by atoms with van der Waals surface area (Å²) in [5.41, 5.74) is 4.81. The molecule has 3 aromatic heterocycles. The first kappa shape index (κ1) is 21.3. The molecule has 5 heteroatoms. The van der Waals surface area contributed by atoms with Gasteiger partial charge in [-0.15, -0.1) is 22.7 Å². The van der Waals surface area contributed by atoms with Crippen LogP contribution in [0, 0.1) is 27.7 Å². The van der Waals surface area contributed by atoms with E-state index in [4.69, 9.17) is 16.2 Å². The molecule has 0 bridgehead atoms. The average molecular weight is 503 g/mol. The minimum absolute atomic E-state index is 0.967. The minimum atomic E-state index is -2.28. The predicted molar refractivity (Wildman–Crippen MR) is 149 cm³/mol. The summed E-state index contributed by atoms with van der Waals surface area (Å²) < 4.78 is 6.87. The van der Waals surface area contributed by atoms with Crippen LogP contribution in [0.15, 0.2) is 71.1 Å². The van der Waals surface area contributed by atoms with Crippen LogP contribution < -0.4 is 15.9 Å². The summed E-state index contributed by atoms with van der Waals surface area (Å²) in [6, 6.07) is 21.6. The first-order valence-electron chi connectivity index (χ1n) is 11.0. The van der Waals surface area contributed by atoms with Crippen molar-refractivity contribution in [3.05, 3.63) is 86.2 Å². The Bertz CT molecular complexity index is 1580. The molecule has 6 rings (SSSR count). The van der Waals surface area contributed by atoms with Crippen LogP contribution in [0.2, 0.25) is 0 Å². The maximum Gasteiger partial charge on any atom is 0.145 e. The van der Waals surface area contributed by atoms with E-state index in [0.717, 1.165) is 17.1 Å². The van der Waals surface area contributed by atoms with Gasteiger partial charge in [-0.2, -0.15) is 0 Å². The molecule has 0 amide bonds. The summed E-state index contributed by atoms with van der Waals surface area (Å²) in [4.78, 5) is 5.20. The molecule has 0 saturated heterocycles. The van der Waals surface area contributed by atoms with Crippen LogP contribution in [0.3, 0.4) is 0 Å². The van der Waals surface area contributed by atoms with Crippen LogP contribution in [0.1, 0.15) is 19.5 Å². The van der Waals surface area contributed by atoms with Gasteiger partial charge in [0, 0.05) is 58.4 Å². The lowest BCUT2D eigenvalue weighted by Gasteiger charge is -2.21. The highest BCUT2D eigenvalue weighted by atomic mass is 32.4. The van der Waals surface area contributed by atoms with Gasteiger partial charge in [-0.3, -0.25) is 0 Å². The molecule has 0 aliphatic carbocycles. The smallest absolute Gasteiger partial charge is 0.145 e. The van der Waals surface area contributed by atoms with Crippen LogP contribution in [-0.4, -0.2) is 0 Å². The number of hydrogen-bond acceptors (Lipinski definition) is 4. The van der Waals surface area contributed by atoms with Crippen LogP contribution >= 0.6 is 28.7 Å². The molecule has 0 radical (unpaired) electrons. The second-order valence-corrected chi connectivity index (χ2v) is 15.8. The molecule has 0 saturated carbocycles. The Hall–Kier alpha value is -2.23. The number of rotatable bonds is 3. The third kappa shape index (κ3) is 3.05. The quantitative estimate of drug-likeness (QED) is 0.230. The monoisotopic (exact) mass is 502 g/mol. The summed E-state index contributed by atoms with van der Waals surface area (Å²) >= 11 is 10.4. The van der Waals surface area contributed by atoms with Gasteiger partial charge in [0.2, 0.25) is 0 Å². The van der Waals surface area contributed by atoms with Crippen molar-refractivity contribution in [2.75, 3.05) is 0 Å². The molecule has 1 aliphatic rings. The van der Waals surface area contributed by atoms with Gasteiger partial charge in [0.1, 0.15) is 11.5 Å². The molecule has 2 aromatic carbocycles. The molecular formula is C28H23OPS3. The Morgan fingerprint density at radius 2 is 1.30 bits per heavy atom. The summed E-state index contributed by atoms with van der Waals surface area (Å²) in [7, 11) is 0. The fourth-order valence-corrected chi connectivity index (χ4v) is 11.4. The zero-order chi connectivity index (χ0) is 22.9. The van der Waals surface area contributed by atoms with Crippen molar-refractivity contribution in [1.29, 1.82) is 0 Å². The molecule has 5 aromatic rings. The van der Waals surface area contributed by atoms with Crippen LogP contribution in [0.5, 0.6) is 0 Å². The van der Waals surface area contributed by atoms with Gasteiger partial charge in [-0.1, -0.05) is 66.4 Å². The zero-order valence-electron chi connectivity index (χ0n) is 18.9. The van der Waals surface area contributed by atoms with E-state index in [2.05, 4.69) is 94.4 Å². The van der Waals surface area contributed by atoms with Gasteiger partial charge in [0.05, 0.1) is 0 Å². The number of fused-ring (bicyclic) bond motifs is 3. The van der Waals surface area contributed by atoms with E-state index in [1.807, 2.05) is 22.7 Å². The Labute approximate surface area is 207 Å². The van der Waals surface area contributed by atoms with Gasteiger partial charge in [0.25, 0.3) is 0 Å². The van der Waals surface area contributed by atoms with Crippen molar-refractivity contribution in [2.45, 2.75) is 27.7 Å². The number of benzene rings is 2. The molecule has 164 valence electrons. The second kappa shape index (κ2) is 7.65. The SMILES string of the molecule is Cc1cc(-c2oc3c(c2-c2cc(C)sc2C)P(=S)(c2ccccc2)c2ccccc2-3)c(C)s1. The van der Waals surface area contributed by atoms with Crippen LogP contribution in [0.4, 0.5) is 0 Å². The van der Waals surface area contributed by atoms with Crippen LogP contribution in [-0.2, 0) is 11.8 Å². The third-order valence-electron chi connectivity index (χ3n) is 6.40. The lowest BCUT2D eigenvalue weighted by molar-refractivity contribution is 0.600. The summed E-state index contributed by atoms with van der Waals surface area (Å²) in [5.74, 6) is 1.94. The van der Waals surface area contributed by atoms with Crippen molar-refractivity contribution >= 4 is 56.4 Å². The van der Waals surface area contributed by atoms with E-state index in [-0.39, 0.29) is 0 Å². The molecule has 1 nitrogen and oxygen atoms in total. The van der Waals surface area contributed by atoms with Crippen molar-refractivity contribution in [3.8, 4) is 33.8 Å². The van der Waals surface area contributed by atoms with E-state index in [1.165, 1.54) is 52.1 Å². The predicted octanol–water partition coefficient (Wildman–Crippen LogP) is 7.71. The van der Waals surface area contributed by atoms with Crippen molar-refractivity contribution < 1.29 is 4.42 Å². The molecular weight excluding hydrogens is 479 g/mol. The molecule has 0 fully saturated rings. The van der Waals surface area contributed by atoms with Crippen molar-refractivity contribution in [2.24, 2.45) is 0 Å². The number of furan rings is 1. The average Bonchev–Trinajstić information content (AvgIpc) is 3.51. The largest absolute Gasteiger partial charge is 0.455 e. The standard InChI is InChI=1S/C28H23OPS3/c1-16-14-22(18(3)32-16)25-26(23-15-17(2)33-19(23)4)29-27-21-12-8-9-13-24(21)30(31,28(25)27)20-10-6-5-7-11-20/h5-15H,1-4H3. The van der Waals surface area contributed by atoms with E-state index in [9.17, 15) is 0 Å². The number of aryl methyl sites for hydroxylation is 4. The van der Waals surface area contributed by atoms with Crippen molar-refractivity contribution in [3.63, 3.8) is 0 Å². The number of hydrogen-bond donors (Lipinski definition) is 0. The Morgan fingerprint density at radius 1 is 0.697 bits per heavy atom. The Kier molecular flexibility index (Phi) is 4.94. The summed E-state index contributed by atoms with van der Waals surface area (Å²) in [6.45, 7) is 8.76. The summed E-state index contributed by atoms with van der Waals surface area (Å²) in [6.07, 6.45) is 0. The molecule has 1 atom stereocenters. The first-order chi connectivity index (χ1) is 15.9. The van der Waals surface area contributed by atoms with E-state index < -0.39 is 6.04 Å². The van der Waals surface area contributed by atoms with Gasteiger partial charge in [-0.05, 0) is 45.1 Å². The molecule has 33 heavy (non-hydrogen) atoms. The van der Waals surface area contributed by atoms with Gasteiger partial charge in [-0.25, -0.2) is 0 Å². The zero-order valence-corrected chi connectivity index (χ0v) is 22.3. The highest BCUT2D eigenvalue weighted by molar-refractivity contribution is 8.26. The molecule has 1 unspecified atom stereocenters. The highest BCUT2D eigenvalue weighted by Crippen LogP contribution is 2.58. The maximum absolute atomic E-state index is 6.87. The van der Waals surface area contributed by atoms with E-state index >= 15 is 0 Å². The highest BCUT2D eigenvalue weighted by Gasteiger charge is 2.43. The molecule has 1 aliphatic heterocycles. The molecule has 0 N–H and O–H groups in total. The third-order valence-corrected chi connectivity index (χ3v) is 13.3. The normalized spacial score (nSPS) is 16.7. The molecule has 4 heterocycles. The van der Waals surface area contributed by atoms with E-state index in [0.29, 0.717) is 0 Å². The minimum Gasteiger partial charge on any atom is -0.455 e. The number of thiophene rings is 2. The second-order valence-electron chi connectivity index (χ2n) is 8.60. The molecule has 0 spiro atoms. The maximum atomic E-state index is 6.87. The topological polar surface area (TPSA) is 13.1 Å². The van der Waals surface area contributed by atoms with Gasteiger partial charge >= 0.3 is 0 Å². The fourth-order valence-electron chi connectivity index (χ4n) is 5.05.